The Bertz CT molecular complexity index is 1110. The van der Waals surface area contributed by atoms with Crippen molar-refractivity contribution in [2.24, 2.45) is 0 Å². The van der Waals surface area contributed by atoms with Gasteiger partial charge in [-0.15, -0.1) is 0 Å². The van der Waals surface area contributed by atoms with E-state index in [9.17, 15) is 9.18 Å². The number of piperazine rings is 1. The zero-order chi connectivity index (χ0) is 24.8. The topological polar surface area (TPSA) is 52.8 Å². The van der Waals surface area contributed by atoms with Crippen LogP contribution in [0, 0.1) is 5.82 Å². The Kier molecular flexibility index (Phi) is 8.16. The molecule has 1 saturated heterocycles. The van der Waals surface area contributed by atoms with Crippen molar-refractivity contribution in [2.75, 3.05) is 38.5 Å². The molecule has 1 aliphatic rings. The molecular formula is C29H35FN4O. The van der Waals surface area contributed by atoms with E-state index >= 15 is 0 Å². The lowest BCUT2D eigenvalue weighted by Crippen LogP contribution is -2.47. The minimum absolute atomic E-state index is 0.0774. The largest absolute Gasteiger partial charge is 0.399 e. The van der Waals surface area contributed by atoms with E-state index in [1.54, 1.807) is 0 Å². The van der Waals surface area contributed by atoms with Crippen molar-refractivity contribution >= 4 is 11.6 Å². The van der Waals surface area contributed by atoms with E-state index in [1.165, 1.54) is 23.3 Å². The molecule has 184 valence electrons. The van der Waals surface area contributed by atoms with E-state index < -0.39 is 0 Å². The van der Waals surface area contributed by atoms with E-state index in [1.807, 2.05) is 55.1 Å². The van der Waals surface area contributed by atoms with E-state index in [2.05, 4.69) is 34.1 Å². The summed E-state index contributed by atoms with van der Waals surface area (Å²) < 4.78 is 13.3. The molecule has 0 aromatic heterocycles. The zero-order valence-corrected chi connectivity index (χ0v) is 20.7. The first-order valence-corrected chi connectivity index (χ1v) is 12.4. The highest BCUT2D eigenvalue weighted by atomic mass is 19.1. The van der Waals surface area contributed by atoms with Crippen LogP contribution in [-0.2, 0) is 13.1 Å². The second kappa shape index (κ2) is 11.5. The lowest BCUT2D eigenvalue weighted by atomic mass is 10.00. The fourth-order valence-corrected chi connectivity index (χ4v) is 4.82. The van der Waals surface area contributed by atoms with Gasteiger partial charge < -0.3 is 10.6 Å². The number of carbonyl (C=O) groups excluding carboxylic acids is 1. The van der Waals surface area contributed by atoms with Gasteiger partial charge in [0, 0.05) is 63.1 Å². The molecule has 0 unspecified atom stereocenters. The summed E-state index contributed by atoms with van der Waals surface area (Å²) in [7, 11) is 0. The number of hydrogen-bond acceptors (Lipinski definition) is 4. The summed E-state index contributed by atoms with van der Waals surface area (Å²) in [5, 5.41) is 0. The first kappa shape index (κ1) is 24.9. The standard InChI is InChI=1S/C29H35FN4O/c1-3-33(4-2)29(35)24-12-8-23(9-13-24)20-34-17-16-32(19-22-10-14-26(30)15-11-22)21-28(34)25-6-5-7-27(31)18-25/h5-15,18,28H,3-4,16-17,19-21,31H2,1-2H3/t28-/m0/s1. The first-order valence-electron chi connectivity index (χ1n) is 12.4. The van der Waals surface area contributed by atoms with Gasteiger partial charge in [0.2, 0.25) is 0 Å². The maximum absolute atomic E-state index is 13.3. The summed E-state index contributed by atoms with van der Waals surface area (Å²) >= 11 is 0. The Morgan fingerprint density at radius 3 is 2.26 bits per heavy atom. The van der Waals surface area contributed by atoms with Crippen molar-refractivity contribution in [2.45, 2.75) is 33.0 Å². The highest BCUT2D eigenvalue weighted by Crippen LogP contribution is 2.29. The second-order valence-electron chi connectivity index (χ2n) is 9.19. The third kappa shape index (κ3) is 6.27. The van der Waals surface area contributed by atoms with Crippen molar-refractivity contribution < 1.29 is 9.18 Å². The van der Waals surface area contributed by atoms with Gasteiger partial charge >= 0.3 is 0 Å². The van der Waals surface area contributed by atoms with Crippen molar-refractivity contribution in [3.05, 3.63) is 101 Å². The van der Waals surface area contributed by atoms with Gasteiger partial charge in [-0.05, 0) is 66.9 Å². The van der Waals surface area contributed by atoms with E-state index in [4.69, 9.17) is 5.73 Å². The number of benzene rings is 3. The number of carbonyl (C=O) groups is 1. The molecule has 1 fully saturated rings. The molecule has 2 N–H and O–H groups in total. The van der Waals surface area contributed by atoms with Crippen molar-refractivity contribution in [1.82, 2.24) is 14.7 Å². The molecule has 3 aromatic carbocycles. The molecule has 0 saturated carbocycles. The number of amides is 1. The monoisotopic (exact) mass is 474 g/mol. The Morgan fingerprint density at radius 2 is 1.60 bits per heavy atom. The van der Waals surface area contributed by atoms with Gasteiger partial charge in [0.1, 0.15) is 5.82 Å². The fraction of sp³-hybridized carbons (Fsp3) is 0.345. The molecule has 6 heteroatoms. The highest BCUT2D eigenvalue weighted by molar-refractivity contribution is 5.94. The molecule has 4 rings (SSSR count). The first-order chi connectivity index (χ1) is 17.0. The summed E-state index contributed by atoms with van der Waals surface area (Å²) in [5.41, 5.74) is 11.1. The molecule has 1 amide bonds. The van der Waals surface area contributed by atoms with Crippen molar-refractivity contribution in [3.63, 3.8) is 0 Å². The average Bonchev–Trinajstić information content (AvgIpc) is 2.87. The Balaban J connectivity index is 1.50. The van der Waals surface area contributed by atoms with Crippen LogP contribution in [0.4, 0.5) is 10.1 Å². The van der Waals surface area contributed by atoms with Crippen molar-refractivity contribution in [1.29, 1.82) is 0 Å². The molecule has 0 aliphatic carbocycles. The molecule has 5 nitrogen and oxygen atoms in total. The van der Waals surface area contributed by atoms with Gasteiger partial charge in [0.15, 0.2) is 0 Å². The molecule has 0 bridgehead atoms. The second-order valence-corrected chi connectivity index (χ2v) is 9.19. The van der Waals surface area contributed by atoms with Crippen LogP contribution < -0.4 is 5.73 Å². The van der Waals surface area contributed by atoms with Crippen LogP contribution in [0.1, 0.15) is 46.9 Å². The SMILES string of the molecule is CCN(CC)C(=O)c1ccc(CN2CCN(Cc3ccc(F)cc3)C[C@H]2c2cccc(N)c2)cc1. The smallest absolute Gasteiger partial charge is 0.253 e. The number of nitrogens with zero attached hydrogens (tertiary/aromatic N) is 3. The third-order valence-corrected chi connectivity index (χ3v) is 6.83. The minimum atomic E-state index is -0.207. The summed E-state index contributed by atoms with van der Waals surface area (Å²) in [4.78, 5) is 19.4. The van der Waals surface area contributed by atoms with E-state index in [-0.39, 0.29) is 17.8 Å². The van der Waals surface area contributed by atoms with Crippen LogP contribution in [0.5, 0.6) is 0 Å². The predicted molar refractivity (Wildman–Crippen MR) is 139 cm³/mol. The number of rotatable bonds is 8. The summed E-state index contributed by atoms with van der Waals surface area (Å²) in [5.74, 6) is -0.130. The lowest BCUT2D eigenvalue weighted by Gasteiger charge is -2.42. The average molecular weight is 475 g/mol. The van der Waals surface area contributed by atoms with Gasteiger partial charge in [-0.3, -0.25) is 14.6 Å². The number of nitrogens with two attached hydrogens (primary N) is 1. The molecule has 3 aromatic rings. The summed E-state index contributed by atoms with van der Waals surface area (Å²) in [6.07, 6.45) is 0. The van der Waals surface area contributed by atoms with Gasteiger partial charge in [0.25, 0.3) is 5.91 Å². The molecular weight excluding hydrogens is 439 g/mol. The number of anilines is 1. The normalized spacial score (nSPS) is 16.8. The van der Waals surface area contributed by atoms with Crippen LogP contribution in [0.15, 0.2) is 72.8 Å². The maximum atomic E-state index is 13.3. The Morgan fingerprint density at radius 1 is 0.943 bits per heavy atom. The molecule has 0 radical (unpaired) electrons. The minimum Gasteiger partial charge on any atom is -0.399 e. The predicted octanol–water partition coefficient (Wildman–Crippen LogP) is 4.95. The maximum Gasteiger partial charge on any atom is 0.253 e. The zero-order valence-electron chi connectivity index (χ0n) is 20.7. The number of nitrogen functional groups attached to an aromatic ring is 1. The lowest BCUT2D eigenvalue weighted by molar-refractivity contribution is 0.0636. The molecule has 0 spiro atoms. The number of halogens is 1. The van der Waals surface area contributed by atoms with Gasteiger partial charge in [0.05, 0.1) is 0 Å². The third-order valence-electron chi connectivity index (χ3n) is 6.83. The van der Waals surface area contributed by atoms with Gasteiger partial charge in [-0.2, -0.15) is 0 Å². The molecule has 1 heterocycles. The fourth-order valence-electron chi connectivity index (χ4n) is 4.82. The van der Waals surface area contributed by atoms with Crippen LogP contribution in [0.25, 0.3) is 0 Å². The van der Waals surface area contributed by atoms with E-state index in [0.29, 0.717) is 13.1 Å². The molecule has 35 heavy (non-hydrogen) atoms. The summed E-state index contributed by atoms with van der Waals surface area (Å²) in [6, 6.07) is 23.1. The van der Waals surface area contributed by atoms with Crippen LogP contribution in [-0.4, -0.2) is 53.3 Å². The van der Waals surface area contributed by atoms with Crippen LogP contribution >= 0.6 is 0 Å². The quantitative estimate of drug-likeness (QED) is 0.470. The van der Waals surface area contributed by atoms with Crippen molar-refractivity contribution in [3.8, 4) is 0 Å². The molecule has 1 atom stereocenters. The Labute approximate surface area is 208 Å². The molecule has 1 aliphatic heterocycles. The van der Waals surface area contributed by atoms with Gasteiger partial charge in [-0.25, -0.2) is 4.39 Å². The highest BCUT2D eigenvalue weighted by Gasteiger charge is 2.28. The van der Waals surface area contributed by atoms with Crippen LogP contribution in [0.3, 0.4) is 0 Å². The summed E-state index contributed by atoms with van der Waals surface area (Å²) in [6.45, 7) is 9.69. The van der Waals surface area contributed by atoms with Crippen LogP contribution in [0.2, 0.25) is 0 Å². The van der Waals surface area contributed by atoms with Gasteiger partial charge in [-0.1, -0.05) is 36.4 Å². The van der Waals surface area contributed by atoms with E-state index in [0.717, 1.165) is 49.5 Å². The number of hydrogen-bond donors (Lipinski definition) is 1. The Hall–Kier alpha value is -3.22.